The molecule has 21 heavy (non-hydrogen) atoms. The smallest absolute Gasteiger partial charge is 0.143 e. The fourth-order valence-corrected chi connectivity index (χ4v) is 3.96. The lowest BCUT2D eigenvalue weighted by atomic mass is 9.84. The van der Waals surface area contributed by atoms with Crippen molar-refractivity contribution < 1.29 is 4.74 Å². The minimum atomic E-state index is 0.0652. The van der Waals surface area contributed by atoms with Crippen LogP contribution in [0.5, 0.6) is 5.75 Å². The first-order valence-electron chi connectivity index (χ1n) is 8.58. The van der Waals surface area contributed by atoms with E-state index in [1.165, 1.54) is 31.5 Å². The van der Waals surface area contributed by atoms with Gasteiger partial charge < -0.3 is 15.0 Å². The highest BCUT2D eigenvalue weighted by atomic mass is 16.5. The normalized spacial score (nSPS) is 24.9. The zero-order valence-corrected chi connectivity index (χ0v) is 12.8. The molecule has 0 aromatic heterocycles. The molecule has 2 fully saturated rings. The van der Waals surface area contributed by atoms with Crippen molar-refractivity contribution in [3.05, 3.63) is 24.3 Å². The molecule has 4 rings (SSSR count). The molecule has 1 saturated carbocycles. The SMILES string of the molecule is c1ccc2c(c1)OC1(CCNCC1)CCN2CC1CCC1. The first-order chi connectivity index (χ1) is 10.3. The Morgan fingerprint density at radius 3 is 2.71 bits per heavy atom. The molecule has 3 aliphatic rings. The van der Waals surface area contributed by atoms with Crippen LogP contribution in [-0.2, 0) is 0 Å². The van der Waals surface area contributed by atoms with Gasteiger partial charge in [-0.25, -0.2) is 0 Å². The predicted molar refractivity (Wildman–Crippen MR) is 86.1 cm³/mol. The molecule has 0 unspecified atom stereocenters. The second kappa shape index (κ2) is 5.53. The minimum absolute atomic E-state index is 0.0652. The van der Waals surface area contributed by atoms with E-state index in [0.29, 0.717) is 0 Å². The van der Waals surface area contributed by atoms with Crippen LogP contribution in [0.2, 0.25) is 0 Å². The number of fused-ring (bicyclic) bond motifs is 1. The van der Waals surface area contributed by atoms with Gasteiger partial charge in [0.05, 0.1) is 5.69 Å². The Morgan fingerprint density at radius 2 is 1.95 bits per heavy atom. The van der Waals surface area contributed by atoms with Crippen LogP contribution >= 0.6 is 0 Å². The molecule has 1 aliphatic carbocycles. The van der Waals surface area contributed by atoms with Gasteiger partial charge in [-0.15, -0.1) is 0 Å². The average molecular weight is 286 g/mol. The standard InChI is InChI=1S/C18H26N2O/c1-2-7-17-16(6-1)20(14-15-4-3-5-15)13-10-18(21-17)8-11-19-12-9-18/h1-2,6-7,15,19H,3-5,8-14H2. The molecule has 2 heterocycles. The van der Waals surface area contributed by atoms with Gasteiger partial charge in [0, 0.05) is 19.5 Å². The number of nitrogens with one attached hydrogen (secondary N) is 1. The highest BCUT2D eigenvalue weighted by molar-refractivity contribution is 5.59. The fourth-order valence-electron chi connectivity index (χ4n) is 3.96. The number of piperidine rings is 1. The highest BCUT2D eigenvalue weighted by Crippen LogP contribution is 2.40. The predicted octanol–water partition coefficient (Wildman–Crippen LogP) is 3.20. The van der Waals surface area contributed by atoms with Crippen LogP contribution in [-0.4, -0.2) is 31.8 Å². The minimum Gasteiger partial charge on any atom is -0.485 e. The summed E-state index contributed by atoms with van der Waals surface area (Å²) in [6, 6.07) is 8.67. The Balaban J connectivity index is 1.60. The second-order valence-electron chi connectivity index (χ2n) is 7.00. The number of hydrogen-bond acceptors (Lipinski definition) is 3. The Bertz CT molecular complexity index is 492. The van der Waals surface area contributed by atoms with E-state index in [2.05, 4.69) is 34.5 Å². The van der Waals surface area contributed by atoms with Crippen LogP contribution < -0.4 is 15.0 Å². The number of para-hydroxylation sites is 2. The summed E-state index contributed by atoms with van der Waals surface area (Å²) in [6.45, 7) is 4.54. The van der Waals surface area contributed by atoms with E-state index in [-0.39, 0.29) is 5.60 Å². The third kappa shape index (κ3) is 2.64. The van der Waals surface area contributed by atoms with E-state index in [1.807, 2.05) is 0 Å². The quantitative estimate of drug-likeness (QED) is 0.903. The van der Waals surface area contributed by atoms with Crippen molar-refractivity contribution in [2.24, 2.45) is 5.92 Å². The summed E-state index contributed by atoms with van der Waals surface area (Å²) in [5.41, 5.74) is 1.38. The molecule has 3 nitrogen and oxygen atoms in total. The lowest BCUT2D eigenvalue weighted by Gasteiger charge is -2.37. The maximum Gasteiger partial charge on any atom is 0.143 e. The zero-order chi connectivity index (χ0) is 14.1. The molecule has 1 aromatic carbocycles. The third-order valence-corrected chi connectivity index (χ3v) is 5.59. The van der Waals surface area contributed by atoms with Gasteiger partial charge in [-0.1, -0.05) is 18.6 Å². The van der Waals surface area contributed by atoms with Crippen LogP contribution in [0.15, 0.2) is 24.3 Å². The van der Waals surface area contributed by atoms with Crippen molar-refractivity contribution in [1.29, 1.82) is 0 Å². The topological polar surface area (TPSA) is 24.5 Å². The Hall–Kier alpha value is -1.22. The fraction of sp³-hybridized carbons (Fsp3) is 0.667. The van der Waals surface area contributed by atoms with Crippen LogP contribution in [0.3, 0.4) is 0 Å². The summed E-state index contributed by atoms with van der Waals surface area (Å²) < 4.78 is 6.57. The highest BCUT2D eigenvalue weighted by Gasteiger charge is 2.38. The molecule has 0 atom stereocenters. The van der Waals surface area contributed by atoms with Crippen LogP contribution in [0, 0.1) is 5.92 Å². The first kappa shape index (κ1) is 13.4. The summed E-state index contributed by atoms with van der Waals surface area (Å²) in [7, 11) is 0. The lowest BCUT2D eigenvalue weighted by molar-refractivity contribution is 0.0350. The van der Waals surface area contributed by atoms with Gasteiger partial charge in [0.15, 0.2) is 0 Å². The molecule has 0 amide bonds. The van der Waals surface area contributed by atoms with Gasteiger partial charge in [0.25, 0.3) is 0 Å². The van der Waals surface area contributed by atoms with E-state index in [4.69, 9.17) is 4.74 Å². The van der Waals surface area contributed by atoms with Gasteiger partial charge in [-0.05, 0) is 56.8 Å². The van der Waals surface area contributed by atoms with Crippen LogP contribution in [0.25, 0.3) is 0 Å². The van der Waals surface area contributed by atoms with E-state index < -0.39 is 0 Å². The van der Waals surface area contributed by atoms with Crippen molar-refractivity contribution in [2.45, 2.75) is 44.1 Å². The van der Waals surface area contributed by atoms with Crippen molar-refractivity contribution in [2.75, 3.05) is 31.1 Å². The van der Waals surface area contributed by atoms with Gasteiger partial charge in [0.2, 0.25) is 0 Å². The number of hydrogen-bond donors (Lipinski definition) is 1. The molecular weight excluding hydrogens is 260 g/mol. The summed E-state index contributed by atoms with van der Waals surface area (Å²) in [5.74, 6) is 2.01. The number of nitrogens with zero attached hydrogens (tertiary/aromatic N) is 1. The van der Waals surface area contributed by atoms with Gasteiger partial charge in [-0.2, -0.15) is 0 Å². The molecule has 1 N–H and O–H groups in total. The monoisotopic (exact) mass is 286 g/mol. The van der Waals surface area contributed by atoms with Crippen LogP contribution in [0.1, 0.15) is 38.5 Å². The summed E-state index contributed by atoms with van der Waals surface area (Å²) in [5, 5.41) is 3.47. The third-order valence-electron chi connectivity index (χ3n) is 5.59. The summed E-state index contributed by atoms with van der Waals surface area (Å²) >= 11 is 0. The molecule has 1 aromatic rings. The van der Waals surface area contributed by atoms with E-state index in [1.54, 1.807) is 0 Å². The Morgan fingerprint density at radius 1 is 1.14 bits per heavy atom. The number of ether oxygens (including phenoxy) is 1. The summed E-state index contributed by atoms with van der Waals surface area (Å²) in [4.78, 5) is 2.59. The molecule has 114 valence electrons. The molecule has 0 radical (unpaired) electrons. The van der Waals surface area contributed by atoms with Gasteiger partial charge in [0.1, 0.15) is 11.4 Å². The molecular formula is C18H26N2O. The second-order valence-corrected chi connectivity index (χ2v) is 7.00. The van der Waals surface area contributed by atoms with Crippen molar-refractivity contribution in [1.82, 2.24) is 5.32 Å². The molecule has 1 spiro atoms. The van der Waals surface area contributed by atoms with Crippen LogP contribution in [0.4, 0.5) is 5.69 Å². The van der Waals surface area contributed by atoms with Crippen molar-refractivity contribution >= 4 is 5.69 Å². The maximum atomic E-state index is 6.57. The largest absolute Gasteiger partial charge is 0.485 e. The zero-order valence-electron chi connectivity index (χ0n) is 12.8. The van der Waals surface area contributed by atoms with E-state index in [0.717, 1.165) is 50.6 Å². The number of benzene rings is 1. The maximum absolute atomic E-state index is 6.57. The number of anilines is 1. The van der Waals surface area contributed by atoms with E-state index in [9.17, 15) is 0 Å². The average Bonchev–Trinajstić information content (AvgIpc) is 2.61. The van der Waals surface area contributed by atoms with Crippen molar-refractivity contribution in [3.8, 4) is 5.75 Å². The van der Waals surface area contributed by atoms with Gasteiger partial charge >= 0.3 is 0 Å². The molecule has 3 heteroatoms. The first-order valence-corrected chi connectivity index (χ1v) is 8.58. The Kier molecular flexibility index (Phi) is 3.54. The molecule has 0 bridgehead atoms. The number of rotatable bonds is 2. The molecule has 1 saturated heterocycles. The lowest BCUT2D eigenvalue weighted by Crippen LogP contribution is -2.47. The van der Waals surface area contributed by atoms with E-state index >= 15 is 0 Å². The van der Waals surface area contributed by atoms with Gasteiger partial charge in [-0.3, -0.25) is 0 Å². The Labute approximate surface area is 127 Å². The summed E-state index contributed by atoms with van der Waals surface area (Å²) in [6.07, 6.45) is 7.68. The molecule has 2 aliphatic heterocycles. The van der Waals surface area contributed by atoms with Crippen molar-refractivity contribution in [3.63, 3.8) is 0 Å².